The summed E-state index contributed by atoms with van der Waals surface area (Å²) in [6, 6.07) is 16.1. The molecule has 1 heterocycles. The first kappa shape index (κ1) is 24.9. The van der Waals surface area contributed by atoms with Gasteiger partial charge in [-0.2, -0.15) is 4.68 Å². The first-order valence-corrected chi connectivity index (χ1v) is 11.9. The Morgan fingerprint density at radius 3 is 2.58 bits per heavy atom. The van der Waals surface area contributed by atoms with Gasteiger partial charge < -0.3 is 25.4 Å². The van der Waals surface area contributed by atoms with E-state index in [1.54, 1.807) is 12.1 Å². The Balaban J connectivity index is 1.46. The molecule has 10 nitrogen and oxygen atoms in total. The van der Waals surface area contributed by atoms with Crippen LogP contribution < -0.4 is 10.1 Å². The summed E-state index contributed by atoms with van der Waals surface area (Å²) in [7, 11) is 0. The van der Waals surface area contributed by atoms with Crippen molar-refractivity contribution < 1.29 is 24.9 Å². The summed E-state index contributed by atoms with van der Waals surface area (Å²) >= 11 is 0.884. The second-order valence-electron chi connectivity index (χ2n) is 8.01. The molecular formula is C25H25N5O5S. The Morgan fingerprint density at radius 1 is 1.06 bits per heavy atom. The summed E-state index contributed by atoms with van der Waals surface area (Å²) < 4.78 is 7.22. The number of aromatic nitrogens is 4. The van der Waals surface area contributed by atoms with Crippen molar-refractivity contribution in [3.05, 3.63) is 71.3 Å². The average molecular weight is 508 g/mol. The number of tetrazole rings is 1. The van der Waals surface area contributed by atoms with Gasteiger partial charge in [0.05, 0.1) is 22.8 Å². The number of phenols is 3. The Morgan fingerprint density at radius 2 is 1.83 bits per heavy atom. The van der Waals surface area contributed by atoms with Gasteiger partial charge in [0.15, 0.2) is 11.5 Å². The van der Waals surface area contributed by atoms with Crippen LogP contribution >= 0.6 is 11.8 Å². The van der Waals surface area contributed by atoms with E-state index in [-0.39, 0.29) is 22.2 Å². The van der Waals surface area contributed by atoms with Crippen LogP contribution in [-0.2, 0) is 0 Å². The minimum absolute atomic E-state index is 0.00121. The molecule has 0 unspecified atom stereocenters. The van der Waals surface area contributed by atoms with E-state index in [2.05, 4.69) is 20.8 Å². The summed E-state index contributed by atoms with van der Waals surface area (Å²) in [6.45, 7) is 4.67. The van der Waals surface area contributed by atoms with Crippen molar-refractivity contribution in [1.29, 1.82) is 0 Å². The number of carbonyl (C=O) groups is 1. The van der Waals surface area contributed by atoms with Gasteiger partial charge in [0.25, 0.3) is 5.91 Å². The maximum atomic E-state index is 13.0. The highest BCUT2D eigenvalue weighted by atomic mass is 32.2. The zero-order valence-electron chi connectivity index (χ0n) is 19.7. The summed E-state index contributed by atoms with van der Waals surface area (Å²) in [5.41, 5.74) is 2.82. The molecule has 4 aromatic rings. The van der Waals surface area contributed by atoms with Crippen LogP contribution in [0.1, 0.15) is 27.9 Å². The van der Waals surface area contributed by atoms with Gasteiger partial charge in [0, 0.05) is 6.54 Å². The number of ether oxygens (including phenoxy) is 1. The second kappa shape index (κ2) is 11.0. The first-order valence-electron chi connectivity index (χ1n) is 11.1. The van der Waals surface area contributed by atoms with E-state index in [4.69, 9.17) is 4.74 Å². The van der Waals surface area contributed by atoms with Crippen molar-refractivity contribution in [2.45, 2.75) is 30.3 Å². The Labute approximate surface area is 211 Å². The summed E-state index contributed by atoms with van der Waals surface area (Å²) in [4.78, 5) is 13.0. The molecule has 0 aliphatic heterocycles. The van der Waals surface area contributed by atoms with Crippen LogP contribution in [0.2, 0.25) is 0 Å². The number of carbonyl (C=O) groups excluding carboxylic acids is 1. The van der Waals surface area contributed by atoms with Crippen LogP contribution in [0, 0.1) is 13.8 Å². The number of benzene rings is 3. The lowest BCUT2D eigenvalue weighted by Gasteiger charge is -2.14. The van der Waals surface area contributed by atoms with E-state index >= 15 is 0 Å². The summed E-state index contributed by atoms with van der Waals surface area (Å²) in [6.07, 6.45) is 0.532. The maximum Gasteiger partial charge on any atom is 0.252 e. The smallest absolute Gasteiger partial charge is 0.252 e. The van der Waals surface area contributed by atoms with Gasteiger partial charge in [-0.15, -0.1) is 5.10 Å². The maximum absolute atomic E-state index is 13.0. The molecule has 0 bridgehead atoms. The lowest BCUT2D eigenvalue weighted by Crippen LogP contribution is -2.26. The molecule has 4 N–H and O–H groups in total. The lowest BCUT2D eigenvalue weighted by atomic mass is 10.1. The number of nitrogens with zero attached hydrogens (tertiary/aromatic N) is 4. The van der Waals surface area contributed by atoms with E-state index in [9.17, 15) is 20.1 Å². The van der Waals surface area contributed by atoms with Gasteiger partial charge in [-0.1, -0.05) is 35.9 Å². The van der Waals surface area contributed by atoms with E-state index < -0.39 is 23.2 Å². The monoisotopic (exact) mass is 507 g/mol. The first-order chi connectivity index (χ1) is 17.3. The number of amides is 1. The minimum atomic E-state index is -0.741. The van der Waals surface area contributed by atoms with E-state index in [0.29, 0.717) is 18.7 Å². The van der Waals surface area contributed by atoms with E-state index in [0.717, 1.165) is 34.7 Å². The zero-order valence-corrected chi connectivity index (χ0v) is 20.5. The summed E-state index contributed by atoms with van der Waals surface area (Å²) in [5.74, 6) is -1.77. The number of para-hydroxylation sites is 1. The number of phenolic OH excluding ortho intramolecular Hbond substituents is 3. The van der Waals surface area contributed by atoms with Gasteiger partial charge in [-0.3, -0.25) is 4.79 Å². The van der Waals surface area contributed by atoms with Crippen molar-refractivity contribution in [3.63, 3.8) is 0 Å². The fraction of sp³-hybridized carbons (Fsp3) is 0.200. The largest absolute Gasteiger partial charge is 0.504 e. The molecule has 186 valence electrons. The Kier molecular flexibility index (Phi) is 7.59. The predicted molar refractivity (Wildman–Crippen MR) is 133 cm³/mol. The zero-order chi connectivity index (χ0) is 25.7. The minimum Gasteiger partial charge on any atom is -0.504 e. The molecule has 0 saturated heterocycles. The molecule has 1 aromatic heterocycles. The van der Waals surface area contributed by atoms with Crippen molar-refractivity contribution >= 4 is 17.7 Å². The molecule has 0 fully saturated rings. The van der Waals surface area contributed by atoms with Gasteiger partial charge in [-0.25, -0.2) is 0 Å². The van der Waals surface area contributed by atoms with Crippen molar-refractivity contribution in [1.82, 2.24) is 25.5 Å². The molecule has 0 saturated carbocycles. The third-order valence-electron chi connectivity index (χ3n) is 5.28. The van der Waals surface area contributed by atoms with Crippen molar-refractivity contribution in [2.75, 3.05) is 13.2 Å². The number of hydrogen-bond acceptors (Lipinski definition) is 9. The van der Waals surface area contributed by atoms with E-state index in [1.807, 2.05) is 50.2 Å². The highest BCUT2D eigenvalue weighted by molar-refractivity contribution is 7.99. The summed E-state index contributed by atoms with van der Waals surface area (Å²) in [5, 5.41) is 45.3. The fourth-order valence-corrected chi connectivity index (χ4v) is 4.42. The number of hydrogen-bond donors (Lipinski definition) is 4. The SMILES string of the molecule is Cc1ccc(OCCCNC(=O)c2cc(O)c(O)c(O)c2Sc2nnnn2-c2ccccc2)c(C)c1. The molecule has 4 rings (SSSR count). The van der Waals surface area contributed by atoms with Crippen LogP contribution in [0.25, 0.3) is 5.69 Å². The van der Waals surface area contributed by atoms with Crippen LogP contribution in [-0.4, -0.2) is 54.6 Å². The molecule has 1 amide bonds. The number of rotatable bonds is 9. The topological polar surface area (TPSA) is 143 Å². The van der Waals surface area contributed by atoms with Crippen LogP contribution in [0.5, 0.6) is 23.0 Å². The van der Waals surface area contributed by atoms with Crippen molar-refractivity contribution in [3.8, 4) is 28.7 Å². The fourth-order valence-electron chi connectivity index (χ4n) is 3.48. The molecule has 0 spiro atoms. The van der Waals surface area contributed by atoms with Gasteiger partial charge in [0.2, 0.25) is 10.9 Å². The normalized spacial score (nSPS) is 10.8. The standard InChI is InChI=1S/C25H25N5O5S/c1-15-9-10-20(16(2)13-15)35-12-6-11-26-24(34)18-14-19(31)21(32)22(33)23(18)36-25-27-28-29-30(25)17-7-4-3-5-8-17/h3-5,7-10,13-14,31-33H,6,11-12H2,1-2H3,(H,26,34). The number of aromatic hydroxyl groups is 3. The van der Waals surface area contributed by atoms with Gasteiger partial charge in [0.1, 0.15) is 5.75 Å². The predicted octanol–water partition coefficient (Wildman–Crippen LogP) is 3.75. The van der Waals surface area contributed by atoms with Crippen LogP contribution in [0.15, 0.2) is 64.6 Å². The van der Waals surface area contributed by atoms with Gasteiger partial charge >= 0.3 is 0 Å². The molecular weight excluding hydrogens is 482 g/mol. The third-order valence-corrected chi connectivity index (χ3v) is 6.34. The molecule has 0 radical (unpaired) electrons. The molecule has 3 aromatic carbocycles. The number of nitrogens with one attached hydrogen (secondary N) is 1. The lowest BCUT2D eigenvalue weighted by molar-refractivity contribution is 0.0947. The van der Waals surface area contributed by atoms with Gasteiger partial charge in [-0.05, 0) is 72.3 Å². The van der Waals surface area contributed by atoms with Crippen LogP contribution in [0.3, 0.4) is 0 Å². The Hall–Kier alpha value is -4.25. The molecule has 11 heteroatoms. The third kappa shape index (κ3) is 5.52. The van der Waals surface area contributed by atoms with Crippen molar-refractivity contribution in [2.24, 2.45) is 0 Å². The Bertz CT molecular complexity index is 1380. The highest BCUT2D eigenvalue weighted by Crippen LogP contribution is 2.46. The molecule has 36 heavy (non-hydrogen) atoms. The molecule has 0 aliphatic carbocycles. The molecule has 0 aliphatic rings. The second-order valence-corrected chi connectivity index (χ2v) is 8.98. The highest BCUT2D eigenvalue weighted by Gasteiger charge is 2.24. The van der Waals surface area contributed by atoms with E-state index in [1.165, 1.54) is 4.68 Å². The van der Waals surface area contributed by atoms with Crippen LogP contribution in [0.4, 0.5) is 0 Å². The molecule has 0 atom stereocenters. The quantitative estimate of drug-likeness (QED) is 0.197. The average Bonchev–Trinajstić information content (AvgIpc) is 3.34. The number of aryl methyl sites for hydroxylation is 2.